The maximum Gasteiger partial charge on any atom is 0.323 e. The number of halogens is 1. The molecular formula is C13H21ClN2O2. The van der Waals surface area contributed by atoms with E-state index in [1.54, 1.807) is 0 Å². The fourth-order valence-corrected chi connectivity index (χ4v) is 1.46. The van der Waals surface area contributed by atoms with Gasteiger partial charge in [-0.05, 0) is 24.9 Å². The minimum Gasteiger partial charge on any atom is -0.460 e. The highest BCUT2D eigenvalue weighted by Gasteiger charge is 2.14. The van der Waals surface area contributed by atoms with Crippen molar-refractivity contribution in [3.63, 3.8) is 0 Å². The van der Waals surface area contributed by atoms with Gasteiger partial charge >= 0.3 is 5.97 Å². The third kappa shape index (κ3) is 6.59. The Morgan fingerprint density at radius 2 is 1.89 bits per heavy atom. The largest absolute Gasteiger partial charge is 0.460 e. The van der Waals surface area contributed by atoms with E-state index < -0.39 is 6.04 Å². The number of carbonyl (C=O) groups is 1. The Labute approximate surface area is 114 Å². The summed E-state index contributed by atoms with van der Waals surface area (Å²) in [6, 6.07) is 9.02. The normalized spacial score (nSPS) is 11.4. The number of benzene rings is 1. The Bertz CT molecular complexity index is 333. The molecule has 1 rings (SSSR count). The van der Waals surface area contributed by atoms with Crippen LogP contribution in [0.2, 0.25) is 0 Å². The molecule has 4 N–H and O–H groups in total. The van der Waals surface area contributed by atoms with Crippen molar-refractivity contribution in [1.29, 1.82) is 0 Å². The lowest BCUT2D eigenvalue weighted by Gasteiger charge is -2.11. The molecule has 0 aliphatic rings. The van der Waals surface area contributed by atoms with Crippen molar-refractivity contribution in [1.82, 2.24) is 0 Å². The minimum absolute atomic E-state index is 0. The van der Waals surface area contributed by atoms with Crippen molar-refractivity contribution in [3.8, 4) is 0 Å². The standard InChI is InChI=1S/C13H20N2O2.ClH/c14-9-5-4-8-12(15)13(16)17-10-11-6-2-1-3-7-11;/h1-3,6-7,12H,4-5,8-10,14-15H2;1H/t12-;/m1./s1. The fraction of sp³-hybridized carbons (Fsp3) is 0.462. The Balaban J connectivity index is 0.00000289. The van der Waals surface area contributed by atoms with Crippen molar-refractivity contribution in [2.24, 2.45) is 11.5 Å². The molecule has 0 radical (unpaired) electrons. The molecule has 0 unspecified atom stereocenters. The molecule has 0 amide bonds. The number of hydrogen-bond donors (Lipinski definition) is 2. The number of hydrogen-bond acceptors (Lipinski definition) is 4. The van der Waals surface area contributed by atoms with Crippen LogP contribution in [0.25, 0.3) is 0 Å². The third-order valence-electron chi connectivity index (χ3n) is 2.50. The summed E-state index contributed by atoms with van der Waals surface area (Å²) in [4.78, 5) is 11.5. The van der Waals surface area contributed by atoms with Crippen LogP contribution in [0.15, 0.2) is 30.3 Å². The zero-order chi connectivity index (χ0) is 12.5. The van der Waals surface area contributed by atoms with Crippen molar-refractivity contribution in [3.05, 3.63) is 35.9 Å². The number of ether oxygens (including phenoxy) is 1. The lowest BCUT2D eigenvalue weighted by molar-refractivity contribution is -0.146. The van der Waals surface area contributed by atoms with E-state index >= 15 is 0 Å². The van der Waals surface area contributed by atoms with Crippen LogP contribution >= 0.6 is 12.4 Å². The molecule has 102 valence electrons. The van der Waals surface area contributed by atoms with Gasteiger partial charge in [-0.15, -0.1) is 12.4 Å². The van der Waals surface area contributed by atoms with Crippen LogP contribution in [0.3, 0.4) is 0 Å². The molecule has 4 nitrogen and oxygen atoms in total. The van der Waals surface area contributed by atoms with Crippen LogP contribution in [0.5, 0.6) is 0 Å². The van der Waals surface area contributed by atoms with E-state index in [1.807, 2.05) is 30.3 Å². The van der Waals surface area contributed by atoms with Gasteiger partial charge in [-0.1, -0.05) is 36.8 Å². The van der Waals surface area contributed by atoms with Gasteiger partial charge in [0.2, 0.25) is 0 Å². The van der Waals surface area contributed by atoms with Crippen molar-refractivity contribution >= 4 is 18.4 Å². The molecule has 18 heavy (non-hydrogen) atoms. The Hall–Kier alpha value is -1.10. The molecule has 1 aromatic carbocycles. The maximum atomic E-state index is 11.5. The number of esters is 1. The van der Waals surface area contributed by atoms with Crippen LogP contribution in [-0.4, -0.2) is 18.6 Å². The summed E-state index contributed by atoms with van der Waals surface area (Å²) >= 11 is 0. The lowest BCUT2D eigenvalue weighted by atomic mass is 10.1. The zero-order valence-corrected chi connectivity index (χ0v) is 11.2. The molecule has 1 aromatic rings. The van der Waals surface area contributed by atoms with Crippen LogP contribution in [0, 0.1) is 0 Å². The molecule has 0 bridgehead atoms. The molecule has 0 heterocycles. The molecule has 0 aliphatic heterocycles. The van der Waals surface area contributed by atoms with Crippen LogP contribution in [0.1, 0.15) is 24.8 Å². The van der Waals surface area contributed by atoms with E-state index in [-0.39, 0.29) is 25.0 Å². The lowest BCUT2D eigenvalue weighted by Crippen LogP contribution is -2.32. The van der Waals surface area contributed by atoms with Crippen molar-refractivity contribution in [2.75, 3.05) is 6.54 Å². The minimum atomic E-state index is -0.537. The first-order valence-corrected chi connectivity index (χ1v) is 5.90. The van der Waals surface area contributed by atoms with E-state index in [1.165, 1.54) is 0 Å². The monoisotopic (exact) mass is 272 g/mol. The first-order valence-electron chi connectivity index (χ1n) is 5.90. The van der Waals surface area contributed by atoms with E-state index in [0.29, 0.717) is 13.0 Å². The molecule has 0 spiro atoms. The topological polar surface area (TPSA) is 78.3 Å². The second-order valence-electron chi connectivity index (χ2n) is 3.98. The van der Waals surface area contributed by atoms with Gasteiger partial charge in [0.25, 0.3) is 0 Å². The van der Waals surface area contributed by atoms with E-state index in [4.69, 9.17) is 16.2 Å². The van der Waals surface area contributed by atoms with E-state index in [0.717, 1.165) is 18.4 Å². The highest BCUT2D eigenvalue weighted by Crippen LogP contribution is 2.04. The van der Waals surface area contributed by atoms with Crippen LogP contribution < -0.4 is 11.5 Å². The number of unbranched alkanes of at least 4 members (excludes halogenated alkanes) is 1. The zero-order valence-electron chi connectivity index (χ0n) is 10.4. The van der Waals surface area contributed by atoms with Gasteiger partial charge in [-0.3, -0.25) is 4.79 Å². The SMILES string of the molecule is Cl.NCCCC[C@@H](N)C(=O)OCc1ccccc1. The highest BCUT2D eigenvalue weighted by atomic mass is 35.5. The van der Waals surface area contributed by atoms with Gasteiger partial charge in [0.05, 0.1) is 0 Å². The molecule has 0 saturated heterocycles. The summed E-state index contributed by atoms with van der Waals surface area (Å²) in [5.74, 6) is -0.342. The van der Waals surface area contributed by atoms with Crippen LogP contribution in [-0.2, 0) is 16.1 Å². The van der Waals surface area contributed by atoms with Crippen LogP contribution in [0.4, 0.5) is 0 Å². The smallest absolute Gasteiger partial charge is 0.323 e. The Morgan fingerprint density at radius 3 is 2.50 bits per heavy atom. The Morgan fingerprint density at radius 1 is 1.22 bits per heavy atom. The number of nitrogens with two attached hydrogens (primary N) is 2. The van der Waals surface area contributed by atoms with Gasteiger partial charge in [0.15, 0.2) is 0 Å². The van der Waals surface area contributed by atoms with Gasteiger partial charge < -0.3 is 16.2 Å². The summed E-state index contributed by atoms with van der Waals surface area (Å²) in [7, 11) is 0. The third-order valence-corrected chi connectivity index (χ3v) is 2.50. The summed E-state index contributed by atoms with van der Waals surface area (Å²) < 4.78 is 5.13. The fourth-order valence-electron chi connectivity index (χ4n) is 1.46. The number of carbonyl (C=O) groups excluding carboxylic acids is 1. The summed E-state index contributed by atoms with van der Waals surface area (Å²) in [6.07, 6.45) is 2.38. The molecular weight excluding hydrogens is 252 g/mol. The average molecular weight is 273 g/mol. The first-order chi connectivity index (χ1) is 8.24. The van der Waals surface area contributed by atoms with Gasteiger partial charge in [-0.25, -0.2) is 0 Å². The van der Waals surface area contributed by atoms with Crippen molar-refractivity contribution in [2.45, 2.75) is 31.9 Å². The molecule has 0 saturated carbocycles. The number of rotatable bonds is 7. The molecule has 0 aromatic heterocycles. The molecule has 5 heteroatoms. The van der Waals surface area contributed by atoms with Gasteiger partial charge in [0, 0.05) is 0 Å². The average Bonchev–Trinajstić information content (AvgIpc) is 2.37. The maximum absolute atomic E-state index is 11.5. The molecule has 0 aliphatic carbocycles. The van der Waals surface area contributed by atoms with Gasteiger partial charge in [-0.2, -0.15) is 0 Å². The molecule has 1 atom stereocenters. The highest BCUT2D eigenvalue weighted by molar-refractivity contribution is 5.85. The predicted octanol–water partition coefficient (Wildman–Crippen LogP) is 1.61. The van der Waals surface area contributed by atoms with Crippen molar-refractivity contribution < 1.29 is 9.53 Å². The Kier molecular flexibility index (Phi) is 9.28. The second kappa shape index (κ2) is 9.88. The first kappa shape index (κ1) is 16.9. The predicted molar refractivity (Wildman–Crippen MR) is 74.4 cm³/mol. The quantitative estimate of drug-likeness (QED) is 0.584. The second-order valence-corrected chi connectivity index (χ2v) is 3.98. The van der Waals surface area contributed by atoms with Gasteiger partial charge in [0.1, 0.15) is 12.6 Å². The van der Waals surface area contributed by atoms with E-state index in [2.05, 4.69) is 0 Å². The molecule has 0 fully saturated rings. The van der Waals surface area contributed by atoms with E-state index in [9.17, 15) is 4.79 Å². The summed E-state index contributed by atoms with van der Waals surface area (Å²) in [5.41, 5.74) is 12.0. The summed E-state index contributed by atoms with van der Waals surface area (Å²) in [6.45, 7) is 0.913. The summed E-state index contributed by atoms with van der Waals surface area (Å²) in [5, 5.41) is 0.